The van der Waals surface area contributed by atoms with Crippen molar-refractivity contribution in [3.05, 3.63) is 53.0 Å². The lowest BCUT2D eigenvalue weighted by Gasteiger charge is -2.36. The molecule has 1 aliphatic heterocycles. The summed E-state index contributed by atoms with van der Waals surface area (Å²) in [5, 5.41) is 9.49. The van der Waals surface area contributed by atoms with Crippen molar-refractivity contribution in [1.29, 1.82) is 0 Å². The van der Waals surface area contributed by atoms with Gasteiger partial charge in [-0.1, -0.05) is 0 Å². The molecular formula is C19H19F3N6O2. The maximum atomic E-state index is 12.9. The number of hydrogen-bond donors (Lipinski definition) is 1. The van der Waals surface area contributed by atoms with Crippen molar-refractivity contribution in [2.75, 3.05) is 42.6 Å². The zero-order chi connectivity index (χ0) is 21.3. The third-order valence-corrected chi connectivity index (χ3v) is 5.06. The minimum atomic E-state index is -4.51. The van der Waals surface area contributed by atoms with Gasteiger partial charge < -0.3 is 14.9 Å². The van der Waals surface area contributed by atoms with Crippen molar-refractivity contribution in [1.82, 2.24) is 19.5 Å². The monoisotopic (exact) mass is 420 g/mol. The van der Waals surface area contributed by atoms with E-state index in [9.17, 15) is 18.0 Å². The first kappa shape index (κ1) is 20.1. The van der Waals surface area contributed by atoms with E-state index in [1.807, 2.05) is 12.1 Å². The number of benzene rings is 1. The zero-order valence-corrected chi connectivity index (χ0v) is 15.9. The van der Waals surface area contributed by atoms with E-state index in [2.05, 4.69) is 19.9 Å². The molecule has 1 aliphatic rings. The Morgan fingerprint density at radius 2 is 1.73 bits per heavy atom. The van der Waals surface area contributed by atoms with Gasteiger partial charge in [0.05, 0.1) is 30.4 Å². The fourth-order valence-electron chi connectivity index (χ4n) is 3.48. The lowest BCUT2D eigenvalue weighted by Crippen LogP contribution is -2.47. The van der Waals surface area contributed by atoms with E-state index in [1.54, 1.807) is 11.0 Å². The molecule has 1 aromatic carbocycles. The Morgan fingerprint density at radius 1 is 1.00 bits per heavy atom. The fraction of sp³-hybridized carbons (Fsp3) is 0.368. The second-order valence-corrected chi connectivity index (χ2v) is 6.90. The maximum Gasteiger partial charge on any atom is 0.433 e. The Bertz CT molecular complexity index is 1110. The number of nitrogens with zero attached hydrogens (tertiary/aromatic N) is 6. The topological polar surface area (TPSA) is 87.4 Å². The summed E-state index contributed by atoms with van der Waals surface area (Å²) in [6, 6.07) is 6.33. The van der Waals surface area contributed by atoms with Gasteiger partial charge in [-0.15, -0.1) is 0 Å². The van der Waals surface area contributed by atoms with E-state index in [0.717, 1.165) is 18.1 Å². The van der Waals surface area contributed by atoms with Crippen molar-refractivity contribution >= 4 is 22.4 Å². The summed E-state index contributed by atoms with van der Waals surface area (Å²) < 4.78 is 40.0. The Balaban J connectivity index is 1.50. The normalized spacial score (nSPS) is 15.1. The average Bonchev–Trinajstić information content (AvgIpc) is 2.75. The van der Waals surface area contributed by atoms with Crippen LogP contribution < -0.4 is 15.4 Å². The summed E-state index contributed by atoms with van der Waals surface area (Å²) in [5.74, 6) is 0.251. The number of fused-ring (bicyclic) bond motifs is 1. The second kappa shape index (κ2) is 7.90. The van der Waals surface area contributed by atoms with E-state index >= 15 is 0 Å². The summed E-state index contributed by atoms with van der Waals surface area (Å²) in [6.07, 6.45) is -2.16. The van der Waals surface area contributed by atoms with E-state index in [4.69, 9.17) is 5.11 Å². The molecule has 1 N–H and O–H groups in total. The summed E-state index contributed by atoms with van der Waals surface area (Å²) in [6.45, 7) is 2.20. The Kier molecular flexibility index (Phi) is 5.29. The van der Waals surface area contributed by atoms with Gasteiger partial charge in [-0.2, -0.15) is 13.2 Å². The molecule has 0 amide bonds. The molecule has 0 spiro atoms. The van der Waals surface area contributed by atoms with Crippen LogP contribution in [0.3, 0.4) is 0 Å². The first-order valence-electron chi connectivity index (χ1n) is 9.36. The molecule has 0 atom stereocenters. The SMILES string of the molecule is O=c1c2ccc(N3CCN(c4cc(C(F)(F)F)ncn4)CC3)cc2ncn1CCO. The van der Waals surface area contributed by atoms with Crippen LogP contribution in [0.2, 0.25) is 0 Å². The standard InChI is InChI=1S/C19H19F3N6O2/c20-19(21,22)16-10-17(24-11-23-16)27-5-3-26(4-6-27)13-1-2-14-15(9-13)25-12-28(7-8-29)18(14)30/h1-2,9-12,29H,3-8H2. The molecule has 30 heavy (non-hydrogen) atoms. The van der Waals surface area contributed by atoms with Gasteiger partial charge in [-0.3, -0.25) is 9.36 Å². The average molecular weight is 420 g/mol. The van der Waals surface area contributed by atoms with Gasteiger partial charge in [0.1, 0.15) is 17.8 Å². The van der Waals surface area contributed by atoms with Crippen molar-refractivity contribution in [2.24, 2.45) is 0 Å². The van der Waals surface area contributed by atoms with Crippen LogP contribution in [0, 0.1) is 0 Å². The lowest BCUT2D eigenvalue weighted by molar-refractivity contribution is -0.141. The number of rotatable bonds is 4. The van der Waals surface area contributed by atoms with Crippen LogP contribution in [0.4, 0.5) is 24.7 Å². The van der Waals surface area contributed by atoms with Crippen LogP contribution in [0.1, 0.15) is 5.69 Å². The molecule has 0 bridgehead atoms. The Labute approximate surface area is 169 Å². The summed E-state index contributed by atoms with van der Waals surface area (Å²) in [5.41, 5.74) is 0.268. The molecule has 11 heteroatoms. The molecule has 0 unspecified atom stereocenters. The van der Waals surface area contributed by atoms with Gasteiger partial charge in [-0.25, -0.2) is 15.0 Å². The molecule has 0 aliphatic carbocycles. The highest BCUT2D eigenvalue weighted by atomic mass is 19.4. The molecule has 4 rings (SSSR count). The molecule has 1 fully saturated rings. The maximum absolute atomic E-state index is 12.9. The zero-order valence-electron chi connectivity index (χ0n) is 15.9. The van der Waals surface area contributed by atoms with Crippen LogP contribution in [0.25, 0.3) is 10.9 Å². The highest BCUT2D eigenvalue weighted by Gasteiger charge is 2.33. The number of halogens is 3. The van der Waals surface area contributed by atoms with Crippen molar-refractivity contribution < 1.29 is 18.3 Å². The van der Waals surface area contributed by atoms with Gasteiger partial charge in [0.2, 0.25) is 0 Å². The molecule has 158 valence electrons. The smallest absolute Gasteiger partial charge is 0.395 e. The molecule has 2 aromatic heterocycles. The summed E-state index contributed by atoms with van der Waals surface area (Å²) >= 11 is 0. The van der Waals surface area contributed by atoms with Gasteiger partial charge in [0.25, 0.3) is 5.56 Å². The summed E-state index contributed by atoms with van der Waals surface area (Å²) in [7, 11) is 0. The van der Waals surface area contributed by atoms with Crippen molar-refractivity contribution in [2.45, 2.75) is 12.7 Å². The number of hydrogen-bond acceptors (Lipinski definition) is 7. The number of piperazine rings is 1. The quantitative estimate of drug-likeness (QED) is 0.685. The number of alkyl halides is 3. The molecule has 3 aromatic rings. The second-order valence-electron chi connectivity index (χ2n) is 6.90. The molecule has 1 saturated heterocycles. The van der Waals surface area contributed by atoms with Crippen LogP contribution in [0.5, 0.6) is 0 Å². The molecule has 3 heterocycles. The number of anilines is 2. The van der Waals surface area contributed by atoms with E-state index in [-0.39, 0.29) is 24.5 Å². The third kappa shape index (κ3) is 3.92. The number of aliphatic hydroxyl groups is 1. The minimum Gasteiger partial charge on any atom is -0.395 e. The van der Waals surface area contributed by atoms with Crippen molar-refractivity contribution in [3.8, 4) is 0 Å². The molecular weight excluding hydrogens is 401 g/mol. The van der Waals surface area contributed by atoms with E-state index in [1.165, 1.54) is 10.9 Å². The van der Waals surface area contributed by atoms with Gasteiger partial charge in [-0.05, 0) is 18.2 Å². The van der Waals surface area contributed by atoms with Crippen LogP contribution in [0.15, 0.2) is 41.7 Å². The van der Waals surface area contributed by atoms with E-state index < -0.39 is 11.9 Å². The number of aliphatic hydroxyl groups excluding tert-OH is 1. The third-order valence-electron chi connectivity index (χ3n) is 5.06. The van der Waals surface area contributed by atoms with Gasteiger partial charge in [0, 0.05) is 37.9 Å². The minimum absolute atomic E-state index is 0.147. The van der Waals surface area contributed by atoms with Gasteiger partial charge >= 0.3 is 6.18 Å². The van der Waals surface area contributed by atoms with Crippen LogP contribution in [-0.4, -0.2) is 57.4 Å². The van der Waals surface area contributed by atoms with E-state index in [0.29, 0.717) is 37.1 Å². The Morgan fingerprint density at radius 3 is 2.43 bits per heavy atom. The highest BCUT2D eigenvalue weighted by molar-refractivity contribution is 5.81. The fourth-order valence-corrected chi connectivity index (χ4v) is 3.48. The van der Waals surface area contributed by atoms with Crippen LogP contribution in [-0.2, 0) is 12.7 Å². The predicted octanol–water partition coefficient (Wildman–Crippen LogP) is 1.52. The van der Waals surface area contributed by atoms with Crippen molar-refractivity contribution in [3.63, 3.8) is 0 Å². The highest BCUT2D eigenvalue weighted by Crippen LogP contribution is 2.29. The predicted molar refractivity (Wildman–Crippen MR) is 105 cm³/mol. The molecule has 0 radical (unpaired) electrons. The molecule has 8 nitrogen and oxygen atoms in total. The first-order valence-corrected chi connectivity index (χ1v) is 9.36. The van der Waals surface area contributed by atoms with Gasteiger partial charge in [0.15, 0.2) is 0 Å². The lowest BCUT2D eigenvalue weighted by atomic mass is 10.2. The largest absolute Gasteiger partial charge is 0.433 e. The Hall–Kier alpha value is -3.21. The van der Waals surface area contributed by atoms with Crippen LogP contribution >= 0.6 is 0 Å². The first-order chi connectivity index (χ1) is 14.4. The molecule has 0 saturated carbocycles. The summed E-state index contributed by atoms with van der Waals surface area (Å²) in [4.78, 5) is 27.9. The number of aromatic nitrogens is 4.